The van der Waals surface area contributed by atoms with Crippen LogP contribution in [0.4, 0.5) is 5.69 Å². The lowest BCUT2D eigenvalue weighted by Crippen LogP contribution is -2.25. The highest BCUT2D eigenvalue weighted by Gasteiger charge is 2.38. The van der Waals surface area contributed by atoms with E-state index in [1.807, 2.05) is 0 Å². The zero-order valence-electron chi connectivity index (χ0n) is 15.3. The first-order valence-electron chi connectivity index (χ1n) is 8.72. The van der Waals surface area contributed by atoms with Crippen molar-refractivity contribution in [2.75, 3.05) is 11.7 Å². The zero-order valence-corrected chi connectivity index (χ0v) is 16.2. The number of pyridine rings is 1. The number of rotatable bonds is 7. The molecule has 4 atom stereocenters. The molecular formula is C15H16N9O5P. The summed E-state index contributed by atoms with van der Waals surface area (Å²) in [6.45, 7) is -0.313. The molecule has 0 spiro atoms. The molecule has 30 heavy (non-hydrogen) atoms. The SMILES string of the molecule is [N-]=[N+]=N[C@H]1C[C@H](n2cnc3c(=O)[nH]cnc32)O[C@@H]1COP(=O)(O)Nc1ccncc1. The van der Waals surface area contributed by atoms with E-state index < -0.39 is 31.7 Å². The van der Waals surface area contributed by atoms with Crippen molar-refractivity contribution in [2.45, 2.75) is 24.8 Å². The summed E-state index contributed by atoms with van der Waals surface area (Å²) in [6.07, 6.45) is 4.35. The number of nitrogens with zero attached hydrogens (tertiary/aromatic N) is 7. The molecule has 15 heteroatoms. The molecule has 0 radical (unpaired) electrons. The Bertz CT molecular complexity index is 1190. The maximum Gasteiger partial charge on any atom is 0.430 e. The molecule has 1 unspecified atom stereocenters. The van der Waals surface area contributed by atoms with E-state index in [2.05, 4.69) is 35.0 Å². The van der Waals surface area contributed by atoms with Gasteiger partial charge < -0.3 is 14.6 Å². The molecular weight excluding hydrogens is 417 g/mol. The number of anilines is 1. The molecule has 0 bridgehead atoms. The summed E-state index contributed by atoms with van der Waals surface area (Å²) < 4.78 is 24.9. The zero-order chi connectivity index (χ0) is 21.1. The Morgan fingerprint density at radius 1 is 1.47 bits per heavy atom. The molecule has 1 aliphatic heterocycles. The van der Waals surface area contributed by atoms with Gasteiger partial charge in [0.25, 0.3) is 5.56 Å². The Morgan fingerprint density at radius 3 is 3.03 bits per heavy atom. The molecule has 0 saturated carbocycles. The Hall–Kier alpha value is -3.28. The minimum absolute atomic E-state index is 0.141. The van der Waals surface area contributed by atoms with Gasteiger partial charge in [-0.2, -0.15) is 0 Å². The number of azide groups is 1. The van der Waals surface area contributed by atoms with Crippen molar-refractivity contribution >= 4 is 24.6 Å². The average Bonchev–Trinajstić information content (AvgIpc) is 3.32. The topological polar surface area (TPSA) is 193 Å². The third kappa shape index (κ3) is 4.17. The predicted octanol–water partition coefficient (Wildman–Crippen LogP) is 1.71. The maximum atomic E-state index is 12.3. The van der Waals surface area contributed by atoms with Crippen LogP contribution < -0.4 is 10.6 Å². The van der Waals surface area contributed by atoms with E-state index in [4.69, 9.17) is 14.8 Å². The van der Waals surface area contributed by atoms with Crippen LogP contribution in [0.1, 0.15) is 12.6 Å². The second kappa shape index (κ2) is 8.22. The smallest absolute Gasteiger partial charge is 0.352 e. The Labute approximate surface area is 168 Å². The van der Waals surface area contributed by atoms with Gasteiger partial charge in [0.05, 0.1) is 31.4 Å². The van der Waals surface area contributed by atoms with E-state index in [0.29, 0.717) is 11.3 Å². The van der Waals surface area contributed by atoms with Crippen molar-refractivity contribution < 1.29 is 18.7 Å². The van der Waals surface area contributed by atoms with Gasteiger partial charge in [0.2, 0.25) is 0 Å². The van der Waals surface area contributed by atoms with Crippen molar-refractivity contribution in [3.63, 3.8) is 0 Å². The normalized spacial score (nSPS) is 23.0. The van der Waals surface area contributed by atoms with E-state index in [1.165, 1.54) is 41.7 Å². The third-order valence-corrected chi connectivity index (χ3v) is 5.48. The summed E-state index contributed by atoms with van der Waals surface area (Å²) in [6, 6.07) is 2.35. The van der Waals surface area contributed by atoms with Gasteiger partial charge in [0.1, 0.15) is 6.23 Å². The number of imidazole rings is 1. The second-order valence-corrected chi connectivity index (χ2v) is 7.88. The molecule has 0 aromatic carbocycles. The highest BCUT2D eigenvalue weighted by atomic mass is 31.2. The third-order valence-electron chi connectivity index (χ3n) is 4.44. The van der Waals surface area contributed by atoms with E-state index in [0.717, 1.165) is 0 Å². The largest absolute Gasteiger partial charge is 0.430 e. The van der Waals surface area contributed by atoms with Crippen LogP contribution in [0.15, 0.2) is 47.1 Å². The van der Waals surface area contributed by atoms with Gasteiger partial charge in [-0.25, -0.2) is 14.5 Å². The molecule has 4 rings (SSSR count). The highest BCUT2D eigenvalue weighted by molar-refractivity contribution is 7.54. The number of aromatic amines is 1. The fourth-order valence-corrected chi connectivity index (χ4v) is 3.98. The van der Waals surface area contributed by atoms with Crippen LogP contribution in [0, 0.1) is 0 Å². The monoisotopic (exact) mass is 433 g/mol. The number of aromatic nitrogens is 5. The molecule has 14 nitrogen and oxygen atoms in total. The second-order valence-electron chi connectivity index (χ2n) is 6.36. The van der Waals surface area contributed by atoms with Gasteiger partial charge in [0, 0.05) is 29.4 Å². The van der Waals surface area contributed by atoms with Crippen LogP contribution in [0.2, 0.25) is 0 Å². The lowest BCUT2D eigenvalue weighted by Gasteiger charge is -2.19. The minimum Gasteiger partial charge on any atom is -0.352 e. The van der Waals surface area contributed by atoms with Crippen LogP contribution in [-0.4, -0.2) is 48.1 Å². The summed E-state index contributed by atoms with van der Waals surface area (Å²) in [4.78, 5) is 39.1. The maximum absolute atomic E-state index is 12.3. The molecule has 3 aromatic heterocycles. The number of H-pyrrole nitrogens is 1. The number of fused-ring (bicyclic) bond motifs is 1. The summed E-state index contributed by atoms with van der Waals surface area (Å²) in [5.74, 6) is 0. The van der Waals surface area contributed by atoms with Crippen molar-refractivity contribution in [1.82, 2.24) is 24.5 Å². The molecule has 0 aliphatic carbocycles. The number of nitrogens with one attached hydrogen (secondary N) is 2. The van der Waals surface area contributed by atoms with E-state index >= 15 is 0 Å². The number of hydrogen-bond donors (Lipinski definition) is 3. The van der Waals surface area contributed by atoms with E-state index in [9.17, 15) is 14.3 Å². The van der Waals surface area contributed by atoms with E-state index in [1.54, 1.807) is 0 Å². The lowest BCUT2D eigenvalue weighted by atomic mass is 10.1. The molecule has 1 saturated heterocycles. The fraction of sp³-hybridized carbons (Fsp3) is 0.333. The van der Waals surface area contributed by atoms with Crippen LogP contribution in [0.5, 0.6) is 0 Å². The molecule has 3 N–H and O–H groups in total. The Morgan fingerprint density at radius 2 is 2.27 bits per heavy atom. The van der Waals surface area contributed by atoms with Gasteiger partial charge in [-0.05, 0) is 17.7 Å². The van der Waals surface area contributed by atoms with Crippen molar-refractivity contribution in [1.29, 1.82) is 0 Å². The van der Waals surface area contributed by atoms with Crippen LogP contribution >= 0.6 is 7.75 Å². The van der Waals surface area contributed by atoms with Gasteiger partial charge in [-0.1, -0.05) is 5.11 Å². The minimum atomic E-state index is -4.21. The quantitative estimate of drug-likeness (QED) is 0.215. The summed E-state index contributed by atoms with van der Waals surface area (Å²) in [5, 5.41) is 6.09. The summed E-state index contributed by atoms with van der Waals surface area (Å²) in [7, 11) is -4.21. The van der Waals surface area contributed by atoms with E-state index in [-0.39, 0.29) is 18.5 Å². The molecule has 1 fully saturated rings. The van der Waals surface area contributed by atoms with Crippen LogP contribution in [0.3, 0.4) is 0 Å². The van der Waals surface area contributed by atoms with Crippen molar-refractivity contribution in [3.8, 4) is 0 Å². The first-order chi connectivity index (χ1) is 14.5. The molecule has 1 aliphatic rings. The van der Waals surface area contributed by atoms with Gasteiger partial charge in [-0.15, -0.1) is 0 Å². The Kier molecular flexibility index (Phi) is 5.48. The lowest BCUT2D eigenvalue weighted by molar-refractivity contribution is -0.0197. The van der Waals surface area contributed by atoms with Gasteiger partial charge in [0.15, 0.2) is 11.2 Å². The Balaban J connectivity index is 1.49. The standard InChI is InChI=1S/C15H16N9O5P/c16-23-21-10-5-12(24-8-20-13-14(24)18-7-19-15(13)25)29-11(10)6-28-30(26,27)22-9-1-3-17-4-2-9/h1-4,7-8,10-12H,5-6H2,(H,18,19,25)(H2,17,22,26,27)/t10-,11+,12+/m0/s1. The predicted molar refractivity (Wildman–Crippen MR) is 103 cm³/mol. The summed E-state index contributed by atoms with van der Waals surface area (Å²) >= 11 is 0. The van der Waals surface area contributed by atoms with Gasteiger partial charge in [-0.3, -0.25) is 24.0 Å². The van der Waals surface area contributed by atoms with Crippen molar-refractivity contribution in [3.05, 3.63) is 58.0 Å². The summed E-state index contributed by atoms with van der Waals surface area (Å²) in [5.41, 5.74) is 9.26. The molecule has 4 heterocycles. The fourth-order valence-electron chi connectivity index (χ4n) is 3.09. The number of hydrogen-bond acceptors (Lipinski definition) is 8. The average molecular weight is 433 g/mol. The molecule has 0 amide bonds. The van der Waals surface area contributed by atoms with Crippen LogP contribution in [0.25, 0.3) is 21.6 Å². The molecule has 3 aromatic rings. The molecule has 156 valence electrons. The van der Waals surface area contributed by atoms with Crippen molar-refractivity contribution in [2.24, 2.45) is 5.11 Å². The first kappa shape index (κ1) is 20.0. The van der Waals surface area contributed by atoms with Crippen LogP contribution in [-0.2, 0) is 13.8 Å². The first-order valence-corrected chi connectivity index (χ1v) is 10.3. The number of ether oxygens (including phenoxy) is 1. The van der Waals surface area contributed by atoms with Gasteiger partial charge >= 0.3 is 7.75 Å². The highest BCUT2D eigenvalue weighted by Crippen LogP contribution is 2.43.